The summed E-state index contributed by atoms with van der Waals surface area (Å²) in [6.07, 6.45) is 2.93. The van der Waals surface area contributed by atoms with Crippen LogP contribution in [-0.2, 0) is 6.44 Å². The fraction of sp³-hybridized carbons (Fsp3) is 0.444. The van der Waals surface area contributed by atoms with E-state index in [2.05, 4.69) is 0 Å². The number of ether oxygens (including phenoxy) is 1. The molecule has 14 heavy (non-hydrogen) atoms. The SMILES string of the molecule is CC(C)Oc1ccc[n+](CB(F)F)c1. The second-order valence-electron chi connectivity index (χ2n) is 3.29. The Morgan fingerprint density at radius 3 is 2.79 bits per heavy atom. The Hall–Kier alpha value is -1.13. The van der Waals surface area contributed by atoms with Crippen LogP contribution < -0.4 is 9.30 Å². The Bertz CT molecular complexity index is 269. The number of hydrogen-bond acceptors (Lipinski definition) is 1. The van der Waals surface area contributed by atoms with Crippen LogP contribution >= 0.6 is 0 Å². The van der Waals surface area contributed by atoms with Crippen molar-refractivity contribution in [2.24, 2.45) is 0 Å². The Kier molecular flexibility index (Phi) is 3.86. The van der Waals surface area contributed by atoms with Crippen LogP contribution in [0.2, 0.25) is 0 Å². The predicted molar refractivity (Wildman–Crippen MR) is 50.4 cm³/mol. The first-order valence-corrected chi connectivity index (χ1v) is 4.52. The molecule has 1 heterocycles. The molecule has 2 nitrogen and oxygen atoms in total. The summed E-state index contributed by atoms with van der Waals surface area (Å²) in [5.41, 5.74) is 0. The molecule has 0 N–H and O–H groups in total. The minimum Gasteiger partial charge on any atom is -0.485 e. The minimum atomic E-state index is -2.34. The van der Waals surface area contributed by atoms with Crippen LogP contribution in [-0.4, -0.2) is 13.4 Å². The highest BCUT2D eigenvalue weighted by atomic mass is 19.2. The number of nitrogens with zero attached hydrogens (tertiary/aromatic N) is 1. The van der Waals surface area contributed by atoms with Crippen molar-refractivity contribution in [1.29, 1.82) is 0 Å². The van der Waals surface area contributed by atoms with E-state index >= 15 is 0 Å². The van der Waals surface area contributed by atoms with Crippen molar-refractivity contribution < 1.29 is 17.9 Å². The van der Waals surface area contributed by atoms with Gasteiger partial charge in [0.15, 0.2) is 18.4 Å². The summed E-state index contributed by atoms with van der Waals surface area (Å²) in [4.78, 5) is 0. The monoisotopic (exact) mass is 200 g/mol. The zero-order valence-corrected chi connectivity index (χ0v) is 8.28. The lowest BCUT2D eigenvalue weighted by molar-refractivity contribution is -0.681. The standard InChI is InChI=1S/C9H13BF2NO/c1-8(2)14-9-4-3-5-13(6-9)7-10(11)12/h3-6,8H,7H2,1-2H3/q+1. The number of aromatic nitrogens is 1. The van der Waals surface area contributed by atoms with Crippen molar-refractivity contribution in [3.63, 3.8) is 0 Å². The number of pyridine rings is 1. The lowest BCUT2D eigenvalue weighted by atomic mass is 10.00. The number of halogens is 2. The van der Waals surface area contributed by atoms with Crippen LogP contribution in [0.4, 0.5) is 8.63 Å². The molecule has 0 radical (unpaired) electrons. The summed E-state index contributed by atoms with van der Waals surface area (Å²) in [5.74, 6) is 0.614. The van der Waals surface area contributed by atoms with E-state index in [0.29, 0.717) is 5.75 Å². The van der Waals surface area contributed by atoms with Crippen molar-refractivity contribution in [2.45, 2.75) is 26.4 Å². The highest BCUT2D eigenvalue weighted by Gasteiger charge is 2.19. The normalized spacial score (nSPS) is 10.4. The first-order valence-electron chi connectivity index (χ1n) is 4.52. The van der Waals surface area contributed by atoms with Crippen LogP contribution in [0.25, 0.3) is 0 Å². The van der Waals surface area contributed by atoms with Crippen molar-refractivity contribution in [1.82, 2.24) is 0 Å². The van der Waals surface area contributed by atoms with Gasteiger partial charge >= 0.3 is 7.27 Å². The van der Waals surface area contributed by atoms with Gasteiger partial charge in [-0.1, -0.05) is 0 Å². The fourth-order valence-electron chi connectivity index (χ4n) is 1.11. The van der Waals surface area contributed by atoms with Crippen LogP contribution in [0, 0.1) is 0 Å². The van der Waals surface area contributed by atoms with Gasteiger partial charge in [-0.15, -0.1) is 0 Å². The molecule has 0 bridgehead atoms. The molecular formula is C9H13BF2NO+. The third-order valence-corrected chi connectivity index (χ3v) is 1.55. The molecule has 76 valence electrons. The molecule has 1 aromatic heterocycles. The summed E-state index contributed by atoms with van der Waals surface area (Å²) in [5, 5.41) is 0. The third kappa shape index (κ3) is 3.72. The van der Waals surface area contributed by atoms with Crippen molar-refractivity contribution in [3.8, 4) is 5.75 Å². The fourth-order valence-corrected chi connectivity index (χ4v) is 1.11. The van der Waals surface area contributed by atoms with Crippen molar-refractivity contribution >= 4 is 7.27 Å². The molecule has 1 aromatic rings. The highest BCUT2D eigenvalue weighted by Crippen LogP contribution is 2.07. The maximum atomic E-state index is 12.1. The maximum Gasteiger partial charge on any atom is 0.604 e. The van der Waals surface area contributed by atoms with E-state index in [1.54, 1.807) is 24.5 Å². The van der Waals surface area contributed by atoms with Gasteiger partial charge < -0.3 is 4.74 Å². The average Bonchev–Trinajstić information content (AvgIpc) is 2.01. The van der Waals surface area contributed by atoms with Crippen LogP contribution in [0.5, 0.6) is 5.75 Å². The summed E-state index contributed by atoms with van der Waals surface area (Å²) >= 11 is 0. The zero-order chi connectivity index (χ0) is 10.6. The van der Waals surface area contributed by atoms with Gasteiger partial charge in [-0.2, -0.15) is 0 Å². The van der Waals surface area contributed by atoms with E-state index in [4.69, 9.17) is 4.74 Å². The quantitative estimate of drug-likeness (QED) is 0.532. The molecule has 0 aliphatic heterocycles. The molecule has 0 aromatic carbocycles. The van der Waals surface area contributed by atoms with E-state index in [1.165, 1.54) is 4.57 Å². The van der Waals surface area contributed by atoms with E-state index in [-0.39, 0.29) is 12.5 Å². The molecule has 0 amide bonds. The summed E-state index contributed by atoms with van der Waals surface area (Å²) < 4.78 is 30.9. The van der Waals surface area contributed by atoms with Gasteiger partial charge in [0, 0.05) is 6.07 Å². The smallest absolute Gasteiger partial charge is 0.485 e. The molecule has 5 heteroatoms. The van der Waals surface area contributed by atoms with Crippen molar-refractivity contribution in [2.75, 3.05) is 0 Å². The van der Waals surface area contributed by atoms with E-state index < -0.39 is 7.27 Å². The molecule has 0 fully saturated rings. The Balaban J connectivity index is 2.68. The predicted octanol–water partition coefficient (Wildman–Crippen LogP) is 1.73. The molecule has 0 saturated carbocycles. The van der Waals surface area contributed by atoms with E-state index in [1.807, 2.05) is 13.8 Å². The molecule has 0 aliphatic rings. The first-order chi connectivity index (χ1) is 6.58. The minimum absolute atomic E-state index is 0.0531. The second-order valence-corrected chi connectivity index (χ2v) is 3.29. The van der Waals surface area contributed by atoms with Gasteiger partial charge in [-0.25, -0.2) is 4.57 Å². The number of hydrogen-bond donors (Lipinski definition) is 0. The van der Waals surface area contributed by atoms with Gasteiger partial charge in [0.05, 0.1) is 6.10 Å². The lowest BCUT2D eigenvalue weighted by Gasteiger charge is -2.07. The first kappa shape index (κ1) is 11.0. The van der Waals surface area contributed by atoms with E-state index in [0.717, 1.165) is 0 Å². The zero-order valence-electron chi connectivity index (χ0n) is 8.28. The van der Waals surface area contributed by atoms with Gasteiger partial charge in [-0.3, -0.25) is 8.63 Å². The highest BCUT2D eigenvalue weighted by molar-refractivity contribution is 6.40. The van der Waals surface area contributed by atoms with Crippen LogP contribution in [0.1, 0.15) is 13.8 Å². The summed E-state index contributed by atoms with van der Waals surface area (Å²) in [6.45, 7) is 3.79. The van der Waals surface area contributed by atoms with Gasteiger partial charge in [0.2, 0.25) is 6.20 Å². The topological polar surface area (TPSA) is 13.1 Å². The Morgan fingerprint density at radius 1 is 1.50 bits per heavy atom. The Labute approximate surface area is 82.7 Å². The van der Waals surface area contributed by atoms with Gasteiger partial charge in [0.25, 0.3) is 0 Å². The average molecular weight is 200 g/mol. The maximum absolute atomic E-state index is 12.1. The molecule has 0 saturated heterocycles. The molecule has 0 aliphatic carbocycles. The second kappa shape index (κ2) is 4.93. The molecule has 0 unspecified atom stereocenters. The molecule has 0 atom stereocenters. The van der Waals surface area contributed by atoms with Gasteiger partial charge in [-0.05, 0) is 19.9 Å². The number of rotatable bonds is 4. The largest absolute Gasteiger partial charge is 0.604 e. The van der Waals surface area contributed by atoms with E-state index in [9.17, 15) is 8.63 Å². The van der Waals surface area contributed by atoms with Gasteiger partial charge in [0.1, 0.15) is 0 Å². The molecule has 1 rings (SSSR count). The summed E-state index contributed by atoms with van der Waals surface area (Å²) in [7, 11) is -2.34. The Morgan fingerprint density at radius 2 is 2.21 bits per heavy atom. The van der Waals surface area contributed by atoms with Crippen LogP contribution in [0.15, 0.2) is 24.5 Å². The lowest BCUT2D eigenvalue weighted by Crippen LogP contribution is -2.38. The van der Waals surface area contributed by atoms with Crippen molar-refractivity contribution in [3.05, 3.63) is 24.5 Å². The third-order valence-electron chi connectivity index (χ3n) is 1.55. The molecule has 0 spiro atoms. The van der Waals surface area contributed by atoms with Crippen LogP contribution in [0.3, 0.4) is 0 Å². The summed E-state index contributed by atoms with van der Waals surface area (Å²) in [6, 6.07) is 3.45. The molecular weight excluding hydrogens is 187 g/mol.